The van der Waals surface area contributed by atoms with Crippen LogP contribution in [0.15, 0.2) is 97.3 Å². The topological polar surface area (TPSA) is 42.4 Å². The van der Waals surface area contributed by atoms with E-state index in [1.807, 2.05) is 72.5 Å². The molecule has 166 valence electrons. The first-order valence-corrected chi connectivity index (χ1v) is 10.8. The Bertz CT molecular complexity index is 1180. The highest BCUT2D eigenvalue weighted by Crippen LogP contribution is 2.18. The van der Waals surface area contributed by atoms with E-state index in [1.165, 1.54) is 12.1 Å². The maximum Gasteiger partial charge on any atom is 0.254 e. The van der Waals surface area contributed by atoms with Gasteiger partial charge >= 0.3 is 0 Å². The Morgan fingerprint density at radius 3 is 2.18 bits per heavy atom. The van der Waals surface area contributed by atoms with E-state index in [9.17, 15) is 9.18 Å². The third kappa shape index (κ3) is 6.26. The Hall–Kier alpha value is -3.99. The summed E-state index contributed by atoms with van der Waals surface area (Å²) in [5.41, 5.74) is 4.63. The molecule has 4 aromatic rings. The molecule has 0 saturated heterocycles. The molecule has 4 nitrogen and oxygen atoms in total. The van der Waals surface area contributed by atoms with E-state index < -0.39 is 0 Å². The summed E-state index contributed by atoms with van der Waals surface area (Å²) in [4.78, 5) is 19.3. The van der Waals surface area contributed by atoms with Crippen LogP contribution in [-0.4, -0.2) is 15.8 Å². The van der Waals surface area contributed by atoms with Crippen molar-refractivity contribution in [2.45, 2.75) is 26.6 Å². The smallest absolute Gasteiger partial charge is 0.254 e. The van der Waals surface area contributed by atoms with Gasteiger partial charge in [-0.1, -0.05) is 48.0 Å². The lowest BCUT2D eigenvalue weighted by Gasteiger charge is -2.23. The fourth-order valence-electron chi connectivity index (χ4n) is 3.45. The maximum atomic E-state index is 13.3. The molecule has 0 bridgehead atoms. The molecular weight excluding hydrogens is 415 g/mol. The van der Waals surface area contributed by atoms with E-state index in [1.54, 1.807) is 24.5 Å². The molecule has 0 unspecified atom stereocenters. The predicted molar refractivity (Wildman–Crippen MR) is 126 cm³/mol. The number of rotatable bonds is 8. The summed E-state index contributed by atoms with van der Waals surface area (Å²) >= 11 is 0. The first-order chi connectivity index (χ1) is 16.1. The lowest BCUT2D eigenvalue weighted by molar-refractivity contribution is 0.0730. The molecule has 1 amide bonds. The van der Waals surface area contributed by atoms with Crippen LogP contribution in [0.3, 0.4) is 0 Å². The minimum Gasteiger partial charge on any atom is -0.489 e. The van der Waals surface area contributed by atoms with Gasteiger partial charge in [-0.2, -0.15) is 0 Å². The molecule has 4 rings (SSSR count). The van der Waals surface area contributed by atoms with Gasteiger partial charge in [0.05, 0.1) is 0 Å². The molecular formula is C28H25FN2O2. The highest BCUT2D eigenvalue weighted by Gasteiger charge is 2.17. The zero-order chi connectivity index (χ0) is 23.0. The SMILES string of the molecule is Cc1ccc(C(=O)N(Cc2ccc(OCc3ccc(F)cc3)cc2)Cc2cccnc2)cc1. The van der Waals surface area contributed by atoms with Crippen molar-refractivity contribution in [3.05, 3.63) is 131 Å². The summed E-state index contributed by atoms with van der Waals surface area (Å²) in [6.07, 6.45) is 3.50. The number of aromatic nitrogens is 1. The minimum absolute atomic E-state index is 0.0320. The summed E-state index contributed by atoms with van der Waals surface area (Å²) < 4.78 is 18.9. The van der Waals surface area contributed by atoms with Gasteiger partial charge in [-0.05, 0) is 66.1 Å². The molecule has 3 aromatic carbocycles. The van der Waals surface area contributed by atoms with Crippen LogP contribution >= 0.6 is 0 Å². The van der Waals surface area contributed by atoms with Gasteiger partial charge in [0.2, 0.25) is 0 Å². The van der Waals surface area contributed by atoms with E-state index in [4.69, 9.17) is 4.74 Å². The van der Waals surface area contributed by atoms with Crippen molar-refractivity contribution in [3.63, 3.8) is 0 Å². The molecule has 0 radical (unpaired) electrons. The highest BCUT2D eigenvalue weighted by atomic mass is 19.1. The van der Waals surface area contributed by atoms with Crippen molar-refractivity contribution in [3.8, 4) is 5.75 Å². The standard InChI is InChI=1S/C28H25FN2O2/c1-21-4-10-25(11-5-21)28(32)31(19-24-3-2-16-30-17-24)18-22-8-14-27(15-9-22)33-20-23-6-12-26(29)13-7-23/h2-17H,18-20H2,1H3. The minimum atomic E-state index is -0.265. The van der Waals surface area contributed by atoms with E-state index in [2.05, 4.69) is 4.98 Å². The maximum absolute atomic E-state index is 13.3. The second-order valence-corrected chi connectivity index (χ2v) is 7.95. The average molecular weight is 441 g/mol. The molecule has 0 N–H and O–H groups in total. The number of hydrogen-bond acceptors (Lipinski definition) is 3. The zero-order valence-corrected chi connectivity index (χ0v) is 18.4. The van der Waals surface area contributed by atoms with Gasteiger partial charge in [-0.15, -0.1) is 0 Å². The number of benzene rings is 3. The number of carbonyl (C=O) groups is 1. The van der Waals surface area contributed by atoms with Crippen LogP contribution < -0.4 is 4.74 Å². The molecule has 0 aliphatic rings. The van der Waals surface area contributed by atoms with Gasteiger partial charge in [0.1, 0.15) is 18.2 Å². The number of halogens is 1. The quantitative estimate of drug-likeness (QED) is 0.340. The largest absolute Gasteiger partial charge is 0.489 e. The second kappa shape index (κ2) is 10.6. The zero-order valence-electron chi connectivity index (χ0n) is 18.4. The lowest BCUT2D eigenvalue weighted by atomic mass is 10.1. The van der Waals surface area contributed by atoms with Crippen LogP contribution in [0.2, 0.25) is 0 Å². The van der Waals surface area contributed by atoms with Crippen LogP contribution in [0.5, 0.6) is 5.75 Å². The number of pyridine rings is 1. The normalized spacial score (nSPS) is 10.6. The van der Waals surface area contributed by atoms with Gasteiger partial charge in [-0.25, -0.2) is 4.39 Å². The lowest BCUT2D eigenvalue weighted by Crippen LogP contribution is -2.30. The number of amides is 1. The third-order valence-corrected chi connectivity index (χ3v) is 5.30. The molecule has 5 heteroatoms. The number of aryl methyl sites for hydroxylation is 1. The van der Waals surface area contributed by atoms with Crippen molar-refractivity contribution in [2.24, 2.45) is 0 Å². The molecule has 0 atom stereocenters. The van der Waals surface area contributed by atoms with Crippen LogP contribution in [0.1, 0.15) is 32.6 Å². The van der Waals surface area contributed by atoms with Crippen LogP contribution in [0.4, 0.5) is 4.39 Å². The molecule has 0 spiro atoms. The van der Waals surface area contributed by atoms with Gasteiger partial charge in [-0.3, -0.25) is 9.78 Å². The first kappa shape index (κ1) is 22.2. The van der Waals surface area contributed by atoms with E-state index >= 15 is 0 Å². The Labute approximate surface area is 193 Å². The van der Waals surface area contributed by atoms with Crippen molar-refractivity contribution >= 4 is 5.91 Å². The third-order valence-electron chi connectivity index (χ3n) is 5.30. The van der Waals surface area contributed by atoms with Gasteiger partial charge in [0.25, 0.3) is 5.91 Å². The van der Waals surface area contributed by atoms with Crippen molar-refractivity contribution in [1.82, 2.24) is 9.88 Å². The average Bonchev–Trinajstić information content (AvgIpc) is 2.85. The fraction of sp³-hybridized carbons (Fsp3) is 0.143. The Morgan fingerprint density at radius 2 is 1.52 bits per heavy atom. The molecule has 33 heavy (non-hydrogen) atoms. The number of carbonyl (C=O) groups excluding carboxylic acids is 1. The Balaban J connectivity index is 1.46. The van der Waals surface area contributed by atoms with Crippen molar-refractivity contribution in [1.29, 1.82) is 0 Å². The summed E-state index contributed by atoms with van der Waals surface area (Å²) in [5, 5.41) is 0. The second-order valence-electron chi connectivity index (χ2n) is 7.95. The molecule has 1 aromatic heterocycles. The molecule has 0 aliphatic heterocycles. The Morgan fingerprint density at radius 1 is 0.848 bits per heavy atom. The van der Waals surface area contributed by atoms with Crippen molar-refractivity contribution < 1.29 is 13.9 Å². The summed E-state index contributed by atoms with van der Waals surface area (Å²) in [6.45, 7) is 3.28. The van der Waals surface area contributed by atoms with Crippen LogP contribution in [0.25, 0.3) is 0 Å². The van der Waals surface area contributed by atoms with E-state index in [0.29, 0.717) is 31.0 Å². The van der Waals surface area contributed by atoms with Crippen LogP contribution in [-0.2, 0) is 19.7 Å². The first-order valence-electron chi connectivity index (χ1n) is 10.8. The molecule has 1 heterocycles. The number of nitrogens with zero attached hydrogens (tertiary/aromatic N) is 2. The van der Waals surface area contributed by atoms with Gasteiger partial charge in [0.15, 0.2) is 0 Å². The molecule has 0 aliphatic carbocycles. The highest BCUT2D eigenvalue weighted by molar-refractivity contribution is 5.94. The van der Waals surface area contributed by atoms with Gasteiger partial charge < -0.3 is 9.64 Å². The van der Waals surface area contributed by atoms with Gasteiger partial charge in [0, 0.05) is 31.0 Å². The van der Waals surface area contributed by atoms with Crippen molar-refractivity contribution in [2.75, 3.05) is 0 Å². The number of ether oxygens (including phenoxy) is 1. The summed E-state index contributed by atoms with van der Waals surface area (Å²) in [6, 6.07) is 25.4. The molecule has 0 saturated carbocycles. The fourth-order valence-corrected chi connectivity index (χ4v) is 3.45. The van der Waals surface area contributed by atoms with E-state index in [-0.39, 0.29) is 11.7 Å². The Kier molecular flexibility index (Phi) is 7.10. The summed E-state index contributed by atoms with van der Waals surface area (Å²) in [5.74, 6) is 0.418. The number of hydrogen-bond donors (Lipinski definition) is 0. The van der Waals surface area contributed by atoms with E-state index in [0.717, 1.165) is 22.3 Å². The van der Waals surface area contributed by atoms with Crippen LogP contribution in [0, 0.1) is 12.7 Å². The predicted octanol–water partition coefficient (Wildman–Crippen LogP) is 5.95. The monoisotopic (exact) mass is 440 g/mol. The molecule has 0 fully saturated rings. The summed E-state index contributed by atoms with van der Waals surface area (Å²) in [7, 11) is 0.